The lowest BCUT2D eigenvalue weighted by Crippen LogP contribution is -2.36. The van der Waals surface area contributed by atoms with Crippen LogP contribution in [-0.2, 0) is 16.1 Å². The summed E-state index contributed by atoms with van der Waals surface area (Å²) >= 11 is 0. The van der Waals surface area contributed by atoms with Gasteiger partial charge in [-0.15, -0.1) is 0 Å². The van der Waals surface area contributed by atoms with Crippen LogP contribution in [0.5, 0.6) is 0 Å². The highest BCUT2D eigenvalue weighted by Gasteiger charge is 2.25. The molecule has 1 N–H and O–H groups in total. The smallest absolute Gasteiger partial charge is 0.270 e. The maximum Gasteiger partial charge on any atom is 0.270 e. The third-order valence-electron chi connectivity index (χ3n) is 3.17. The molecular weight excluding hydrogens is 254 g/mol. The van der Waals surface area contributed by atoms with Gasteiger partial charge in [-0.25, -0.2) is 5.43 Å². The molecule has 0 unspecified atom stereocenters. The first-order valence-corrected chi connectivity index (χ1v) is 6.80. The highest BCUT2D eigenvalue weighted by Crippen LogP contribution is 2.10. The first-order valence-electron chi connectivity index (χ1n) is 6.80. The molecule has 0 fully saturated rings. The fraction of sp³-hybridized carbons (Fsp3) is 0.400. The average molecular weight is 273 g/mol. The van der Waals surface area contributed by atoms with Gasteiger partial charge in [-0.2, -0.15) is 5.10 Å². The van der Waals surface area contributed by atoms with Crippen molar-refractivity contribution in [3.8, 4) is 0 Å². The van der Waals surface area contributed by atoms with Gasteiger partial charge in [0.15, 0.2) is 0 Å². The van der Waals surface area contributed by atoms with Crippen molar-refractivity contribution in [2.24, 2.45) is 5.10 Å². The molecule has 0 aromatic heterocycles. The van der Waals surface area contributed by atoms with Gasteiger partial charge in [-0.3, -0.25) is 9.59 Å². The molecule has 20 heavy (non-hydrogen) atoms. The van der Waals surface area contributed by atoms with E-state index in [2.05, 4.69) is 10.5 Å². The van der Waals surface area contributed by atoms with Gasteiger partial charge in [0, 0.05) is 13.1 Å². The van der Waals surface area contributed by atoms with Crippen molar-refractivity contribution in [2.75, 3.05) is 6.54 Å². The number of rotatable bonds is 5. The van der Waals surface area contributed by atoms with Gasteiger partial charge in [0.1, 0.15) is 5.71 Å². The predicted molar refractivity (Wildman–Crippen MR) is 77.1 cm³/mol. The summed E-state index contributed by atoms with van der Waals surface area (Å²) in [5.74, 6) is -0.383. The van der Waals surface area contributed by atoms with E-state index < -0.39 is 0 Å². The highest BCUT2D eigenvalue weighted by atomic mass is 16.2. The Kier molecular flexibility index (Phi) is 4.50. The monoisotopic (exact) mass is 273 g/mol. The zero-order chi connectivity index (χ0) is 14.5. The third-order valence-corrected chi connectivity index (χ3v) is 3.17. The van der Waals surface area contributed by atoms with E-state index in [-0.39, 0.29) is 18.2 Å². The van der Waals surface area contributed by atoms with Crippen molar-refractivity contribution in [2.45, 2.75) is 33.2 Å². The fourth-order valence-corrected chi connectivity index (χ4v) is 2.10. The van der Waals surface area contributed by atoms with Crippen molar-refractivity contribution < 1.29 is 9.59 Å². The summed E-state index contributed by atoms with van der Waals surface area (Å²) in [6.45, 7) is 5.25. The number of benzene rings is 1. The maximum atomic E-state index is 12.4. The van der Waals surface area contributed by atoms with Gasteiger partial charge in [-0.1, -0.05) is 36.8 Å². The Hall–Kier alpha value is -2.17. The van der Waals surface area contributed by atoms with Crippen LogP contribution in [-0.4, -0.2) is 29.0 Å². The van der Waals surface area contributed by atoms with Crippen molar-refractivity contribution in [1.29, 1.82) is 0 Å². The molecule has 1 aromatic carbocycles. The van der Waals surface area contributed by atoms with E-state index in [0.29, 0.717) is 18.8 Å². The van der Waals surface area contributed by atoms with Crippen LogP contribution in [0.25, 0.3) is 0 Å². The summed E-state index contributed by atoms with van der Waals surface area (Å²) in [6.07, 6.45) is 0.944. The van der Waals surface area contributed by atoms with Crippen LogP contribution in [0.15, 0.2) is 29.4 Å². The minimum Gasteiger partial charge on any atom is -0.333 e. The number of nitrogens with one attached hydrogen (secondary N) is 1. The molecule has 0 atom stereocenters. The Morgan fingerprint density at radius 2 is 2.05 bits per heavy atom. The molecule has 0 radical (unpaired) electrons. The molecule has 0 aliphatic carbocycles. The molecule has 106 valence electrons. The highest BCUT2D eigenvalue weighted by molar-refractivity contribution is 6.43. The Morgan fingerprint density at radius 3 is 2.60 bits per heavy atom. The molecule has 1 aliphatic heterocycles. The number of carbonyl (C=O) groups is 2. The van der Waals surface area contributed by atoms with E-state index in [4.69, 9.17) is 0 Å². The molecule has 0 bridgehead atoms. The molecule has 1 aromatic rings. The van der Waals surface area contributed by atoms with Gasteiger partial charge in [0.25, 0.3) is 5.91 Å². The molecule has 5 heteroatoms. The van der Waals surface area contributed by atoms with E-state index in [1.807, 2.05) is 38.1 Å². The number of hydrogen-bond acceptors (Lipinski definition) is 3. The Balaban J connectivity index is 2.08. The van der Waals surface area contributed by atoms with E-state index >= 15 is 0 Å². The van der Waals surface area contributed by atoms with E-state index in [1.54, 1.807) is 4.90 Å². The molecule has 2 rings (SSSR count). The largest absolute Gasteiger partial charge is 0.333 e. The lowest BCUT2D eigenvalue weighted by molar-refractivity contribution is -0.125. The second-order valence-electron chi connectivity index (χ2n) is 4.98. The van der Waals surface area contributed by atoms with Gasteiger partial charge in [0.05, 0.1) is 6.42 Å². The molecule has 1 aliphatic rings. The summed E-state index contributed by atoms with van der Waals surface area (Å²) in [5, 5.41) is 3.80. The summed E-state index contributed by atoms with van der Waals surface area (Å²) in [4.78, 5) is 25.2. The predicted octanol–water partition coefficient (Wildman–Crippen LogP) is 1.61. The van der Waals surface area contributed by atoms with E-state index in [9.17, 15) is 9.59 Å². The van der Waals surface area contributed by atoms with Crippen LogP contribution < -0.4 is 5.43 Å². The number of nitrogens with zero attached hydrogens (tertiary/aromatic N) is 2. The second-order valence-corrected chi connectivity index (χ2v) is 4.98. The van der Waals surface area contributed by atoms with Crippen molar-refractivity contribution >= 4 is 17.5 Å². The van der Waals surface area contributed by atoms with Crippen molar-refractivity contribution in [3.63, 3.8) is 0 Å². The second kappa shape index (κ2) is 6.32. The quantitative estimate of drug-likeness (QED) is 0.886. The molecule has 0 saturated carbocycles. The van der Waals surface area contributed by atoms with Crippen LogP contribution in [0.2, 0.25) is 0 Å². The van der Waals surface area contributed by atoms with Crippen molar-refractivity contribution in [3.05, 3.63) is 35.4 Å². The number of aryl methyl sites for hydroxylation is 1. The summed E-state index contributed by atoms with van der Waals surface area (Å²) in [5.41, 5.74) is 4.89. The topological polar surface area (TPSA) is 61.8 Å². The van der Waals surface area contributed by atoms with Crippen LogP contribution >= 0.6 is 0 Å². The minimum absolute atomic E-state index is 0.0763. The van der Waals surface area contributed by atoms with Gasteiger partial charge >= 0.3 is 0 Å². The van der Waals surface area contributed by atoms with Crippen molar-refractivity contribution in [1.82, 2.24) is 10.3 Å². The van der Waals surface area contributed by atoms with Gasteiger partial charge < -0.3 is 4.90 Å². The summed E-state index contributed by atoms with van der Waals surface area (Å²) in [7, 11) is 0. The standard InChI is InChI=1S/C15H19N3O2/c1-3-8-18(10-12-6-4-11(2)5-7-12)15(20)13-9-14(19)17-16-13/h4-7H,3,8-10H2,1-2H3,(H,17,19). The molecule has 1 heterocycles. The molecule has 0 saturated heterocycles. The summed E-state index contributed by atoms with van der Waals surface area (Å²) in [6, 6.07) is 8.10. The lowest BCUT2D eigenvalue weighted by atomic mass is 10.1. The fourth-order valence-electron chi connectivity index (χ4n) is 2.10. The molecule has 5 nitrogen and oxygen atoms in total. The number of hydrazone groups is 1. The van der Waals surface area contributed by atoms with Crippen LogP contribution in [0, 0.1) is 6.92 Å². The first-order chi connectivity index (χ1) is 9.60. The normalized spacial score (nSPS) is 13.9. The Labute approximate surface area is 118 Å². The summed E-state index contributed by atoms with van der Waals surface area (Å²) < 4.78 is 0. The maximum absolute atomic E-state index is 12.4. The lowest BCUT2D eigenvalue weighted by Gasteiger charge is -2.22. The zero-order valence-corrected chi connectivity index (χ0v) is 11.8. The minimum atomic E-state index is -0.222. The third kappa shape index (κ3) is 3.44. The number of hydrogen-bond donors (Lipinski definition) is 1. The Bertz CT molecular complexity index is 535. The van der Waals surface area contributed by atoms with Crippen LogP contribution in [0.4, 0.5) is 0 Å². The average Bonchev–Trinajstić information content (AvgIpc) is 2.86. The van der Waals surface area contributed by atoms with Gasteiger partial charge in [-0.05, 0) is 18.9 Å². The van der Waals surface area contributed by atoms with Crippen LogP contribution in [0.1, 0.15) is 30.9 Å². The van der Waals surface area contributed by atoms with Gasteiger partial charge in [0.2, 0.25) is 5.91 Å². The zero-order valence-electron chi connectivity index (χ0n) is 11.8. The SMILES string of the molecule is CCCN(Cc1ccc(C)cc1)C(=O)C1=NNC(=O)C1. The molecule has 0 spiro atoms. The first kappa shape index (κ1) is 14.2. The number of amides is 2. The number of carbonyl (C=O) groups excluding carboxylic acids is 2. The Morgan fingerprint density at radius 1 is 1.35 bits per heavy atom. The molecular formula is C15H19N3O2. The van der Waals surface area contributed by atoms with E-state index in [1.165, 1.54) is 5.56 Å². The molecule has 2 amide bonds. The van der Waals surface area contributed by atoms with Crippen LogP contribution in [0.3, 0.4) is 0 Å². The van der Waals surface area contributed by atoms with E-state index in [0.717, 1.165) is 12.0 Å².